The number of hydrogen-bond donors (Lipinski definition) is 0. The highest BCUT2D eigenvalue weighted by Gasteiger charge is 2.52. The molecule has 4 aromatic rings. The van der Waals surface area contributed by atoms with Gasteiger partial charge in [-0.05, 0) is 16.7 Å². The van der Waals surface area contributed by atoms with E-state index in [0.29, 0.717) is 13.0 Å². The molecule has 33 heavy (non-hydrogen) atoms. The fourth-order valence-electron chi connectivity index (χ4n) is 4.80. The van der Waals surface area contributed by atoms with Gasteiger partial charge in [-0.25, -0.2) is 9.13 Å². The smallest absolute Gasteiger partial charge is 0.321 e. The first-order chi connectivity index (χ1) is 15.7. The lowest BCUT2D eigenvalue weighted by Crippen LogP contribution is -3.00. The Labute approximate surface area is 205 Å². The van der Waals surface area contributed by atoms with Gasteiger partial charge in [-0.3, -0.25) is 4.79 Å². The normalized spacial score (nSPS) is 16.8. The van der Waals surface area contributed by atoms with Crippen LogP contribution in [0.15, 0.2) is 103 Å². The molecule has 1 unspecified atom stereocenters. The number of carbonyl (C=O) groups excluding carboxylic acids is 1. The maximum atomic E-state index is 13.4. The van der Waals surface area contributed by atoms with Crippen LogP contribution in [0.1, 0.15) is 28.9 Å². The highest BCUT2D eigenvalue weighted by Crippen LogP contribution is 2.43. The molecule has 0 spiro atoms. The summed E-state index contributed by atoms with van der Waals surface area (Å²) in [6.07, 6.45) is 4.60. The first-order valence-corrected chi connectivity index (χ1v) is 11.1. The van der Waals surface area contributed by atoms with Crippen molar-refractivity contribution >= 4 is 5.97 Å². The zero-order chi connectivity index (χ0) is 22.0. The number of halogens is 1. The Morgan fingerprint density at radius 2 is 1.45 bits per heavy atom. The van der Waals surface area contributed by atoms with Gasteiger partial charge in [0.25, 0.3) is 5.82 Å². The van der Waals surface area contributed by atoms with E-state index in [1.54, 1.807) is 0 Å². The van der Waals surface area contributed by atoms with Crippen molar-refractivity contribution in [3.8, 4) is 0 Å². The van der Waals surface area contributed by atoms with Crippen molar-refractivity contribution in [3.63, 3.8) is 0 Å². The summed E-state index contributed by atoms with van der Waals surface area (Å²) < 4.78 is 10.4. The number of rotatable bonds is 6. The number of aromatic nitrogens is 2. The minimum Gasteiger partial charge on any atom is -1.00 e. The van der Waals surface area contributed by atoms with E-state index in [9.17, 15) is 4.79 Å². The lowest BCUT2D eigenvalue weighted by Gasteiger charge is -2.26. The Morgan fingerprint density at radius 3 is 2.03 bits per heavy atom. The van der Waals surface area contributed by atoms with Gasteiger partial charge in [-0.1, -0.05) is 91.0 Å². The van der Waals surface area contributed by atoms with Crippen LogP contribution in [0.2, 0.25) is 0 Å². The van der Waals surface area contributed by atoms with Gasteiger partial charge in [0.1, 0.15) is 37.0 Å². The lowest BCUT2D eigenvalue weighted by atomic mass is 9.72. The molecule has 0 amide bonds. The molecule has 1 fully saturated rings. The van der Waals surface area contributed by atoms with E-state index >= 15 is 0 Å². The minimum atomic E-state index is -0.770. The number of carbonyl (C=O) groups is 1. The molecule has 1 atom stereocenters. The fraction of sp³-hybridized carbons (Fsp3) is 0.214. The van der Waals surface area contributed by atoms with E-state index in [0.717, 1.165) is 23.5 Å². The summed E-state index contributed by atoms with van der Waals surface area (Å²) >= 11 is 0. The maximum absolute atomic E-state index is 13.4. The largest absolute Gasteiger partial charge is 1.00 e. The van der Waals surface area contributed by atoms with Crippen LogP contribution >= 0.6 is 0 Å². The summed E-state index contributed by atoms with van der Waals surface area (Å²) in [6.45, 7) is 3.57. The number of nitrogens with zero attached hydrogens (tertiary/aromatic N) is 2. The van der Waals surface area contributed by atoms with Crippen molar-refractivity contribution in [1.82, 2.24) is 4.57 Å². The van der Waals surface area contributed by atoms with Crippen LogP contribution in [-0.2, 0) is 28.0 Å². The first-order valence-electron chi connectivity index (χ1n) is 11.1. The fourth-order valence-corrected chi connectivity index (χ4v) is 4.80. The van der Waals surface area contributed by atoms with E-state index in [-0.39, 0.29) is 29.1 Å². The Bertz CT molecular complexity index is 1170. The summed E-state index contributed by atoms with van der Waals surface area (Å²) in [7, 11) is 0. The number of esters is 1. The quantitative estimate of drug-likeness (QED) is 0.295. The molecule has 4 nitrogen and oxygen atoms in total. The molecule has 0 aliphatic carbocycles. The van der Waals surface area contributed by atoms with Crippen LogP contribution in [0.4, 0.5) is 0 Å². The standard InChI is InChI=1S/C28H27N2O2.BrH/c1-22-29(20-23-11-5-2-6-12-23)17-18-30(22)21-26-19-28(27(31)32-26,24-13-7-3-8-14-24)25-15-9-4-10-16-25;/h2-18,26H,19-21H2,1H3;1H/q+1;/p-1. The van der Waals surface area contributed by atoms with Gasteiger partial charge < -0.3 is 21.7 Å². The van der Waals surface area contributed by atoms with Gasteiger partial charge in [0, 0.05) is 13.3 Å². The van der Waals surface area contributed by atoms with Crippen molar-refractivity contribution in [2.45, 2.75) is 38.0 Å². The molecule has 2 heterocycles. The summed E-state index contributed by atoms with van der Waals surface area (Å²) in [5.41, 5.74) is 2.47. The average molecular weight is 503 g/mol. The number of cyclic esters (lactones) is 1. The van der Waals surface area contributed by atoms with Crippen LogP contribution in [0, 0.1) is 6.92 Å². The van der Waals surface area contributed by atoms with E-state index in [1.165, 1.54) is 5.56 Å². The molecular weight excluding hydrogens is 476 g/mol. The van der Waals surface area contributed by atoms with E-state index in [2.05, 4.69) is 52.7 Å². The predicted molar refractivity (Wildman–Crippen MR) is 123 cm³/mol. The van der Waals surface area contributed by atoms with E-state index in [4.69, 9.17) is 4.74 Å². The average Bonchev–Trinajstić information content (AvgIpc) is 3.36. The molecule has 5 rings (SSSR count). The number of imidazole rings is 1. The Balaban J connectivity index is 0.00000259. The zero-order valence-electron chi connectivity index (χ0n) is 18.6. The van der Waals surface area contributed by atoms with Crippen LogP contribution in [0.5, 0.6) is 0 Å². The highest BCUT2D eigenvalue weighted by atomic mass is 79.9. The molecule has 0 N–H and O–H groups in total. The molecule has 0 radical (unpaired) electrons. The lowest BCUT2D eigenvalue weighted by molar-refractivity contribution is -0.694. The van der Waals surface area contributed by atoms with Crippen LogP contribution in [0.25, 0.3) is 0 Å². The molecule has 1 aliphatic rings. The van der Waals surface area contributed by atoms with Crippen molar-refractivity contribution in [2.24, 2.45) is 0 Å². The third-order valence-corrected chi connectivity index (χ3v) is 6.54. The third-order valence-electron chi connectivity index (χ3n) is 6.54. The molecule has 168 valence electrons. The molecule has 3 aromatic carbocycles. The monoisotopic (exact) mass is 502 g/mol. The third kappa shape index (κ3) is 4.38. The predicted octanol–water partition coefficient (Wildman–Crippen LogP) is 1.44. The van der Waals surface area contributed by atoms with Crippen molar-refractivity contribution in [3.05, 3.63) is 126 Å². The Kier molecular flexibility index (Phi) is 6.80. The SMILES string of the molecule is Cc1n(CC2CC(c3ccccc3)(c3ccccc3)C(=O)O2)cc[n+]1Cc1ccccc1.[Br-]. The van der Waals surface area contributed by atoms with Gasteiger partial charge in [-0.15, -0.1) is 0 Å². The highest BCUT2D eigenvalue weighted by molar-refractivity contribution is 5.89. The maximum Gasteiger partial charge on any atom is 0.321 e. The van der Waals surface area contributed by atoms with Gasteiger partial charge in [-0.2, -0.15) is 0 Å². The molecular formula is C28H27BrN2O2. The number of benzene rings is 3. The second-order valence-corrected chi connectivity index (χ2v) is 8.48. The van der Waals surface area contributed by atoms with Gasteiger partial charge in [0.05, 0.1) is 0 Å². The molecule has 1 saturated heterocycles. The second kappa shape index (κ2) is 9.75. The van der Waals surface area contributed by atoms with Gasteiger partial charge in [0.2, 0.25) is 0 Å². The van der Waals surface area contributed by atoms with Crippen LogP contribution in [-0.4, -0.2) is 16.6 Å². The molecule has 0 bridgehead atoms. The second-order valence-electron chi connectivity index (χ2n) is 8.48. The first kappa shape index (κ1) is 23.0. The van der Waals surface area contributed by atoms with Gasteiger partial charge in [0.15, 0.2) is 0 Å². The molecule has 1 aromatic heterocycles. The van der Waals surface area contributed by atoms with E-state index < -0.39 is 5.41 Å². The summed E-state index contributed by atoms with van der Waals surface area (Å²) in [5, 5.41) is 0. The summed E-state index contributed by atoms with van der Waals surface area (Å²) in [4.78, 5) is 13.4. The topological polar surface area (TPSA) is 35.1 Å². The van der Waals surface area contributed by atoms with Crippen molar-refractivity contribution in [1.29, 1.82) is 0 Å². The number of ether oxygens (including phenoxy) is 1. The van der Waals surface area contributed by atoms with Crippen molar-refractivity contribution in [2.75, 3.05) is 0 Å². The van der Waals surface area contributed by atoms with Crippen molar-refractivity contribution < 1.29 is 31.1 Å². The molecule has 5 heteroatoms. The van der Waals surface area contributed by atoms with Crippen LogP contribution in [0.3, 0.4) is 0 Å². The van der Waals surface area contributed by atoms with E-state index in [1.807, 2.05) is 66.7 Å². The summed E-state index contributed by atoms with van der Waals surface area (Å²) in [6, 6.07) is 30.5. The Hall–Kier alpha value is -3.18. The van der Waals surface area contributed by atoms with Gasteiger partial charge >= 0.3 is 5.97 Å². The molecule has 1 aliphatic heterocycles. The zero-order valence-corrected chi connectivity index (χ0v) is 20.2. The summed E-state index contributed by atoms with van der Waals surface area (Å²) in [5.74, 6) is 0.976. The molecule has 0 saturated carbocycles. The Morgan fingerprint density at radius 1 is 0.909 bits per heavy atom. The number of hydrogen-bond acceptors (Lipinski definition) is 2. The van der Waals surface area contributed by atoms with Crippen LogP contribution < -0.4 is 21.5 Å². The minimum absolute atomic E-state index is 0.